The molecule has 1 N–H and O–H groups in total. The van der Waals surface area contributed by atoms with Crippen LogP contribution < -0.4 is 5.32 Å². The molecule has 2 heterocycles. The molecule has 0 unspecified atom stereocenters. The first-order valence-electron chi connectivity index (χ1n) is 8.40. The summed E-state index contributed by atoms with van der Waals surface area (Å²) in [7, 11) is 0. The number of likely N-dealkylation sites (tertiary alicyclic amines) is 1. The van der Waals surface area contributed by atoms with Gasteiger partial charge in [0, 0.05) is 32.1 Å². The van der Waals surface area contributed by atoms with E-state index in [1.807, 2.05) is 0 Å². The van der Waals surface area contributed by atoms with Crippen LogP contribution >= 0.6 is 0 Å². The summed E-state index contributed by atoms with van der Waals surface area (Å²) in [5.41, 5.74) is 0. The molecule has 2 atom stereocenters. The molecule has 0 spiro atoms. The van der Waals surface area contributed by atoms with E-state index < -0.39 is 0 Å². The molecule has 2 aliphatic rings. The van der Waals surface area contributed by atoms with Crippen LogP contribution in [0.3, 0.4) is 0 Å². The maximum Gasteiger partial charge on any atom is 0.223 e. The lowest BCUT2D eigenvalue weighted by Gasteiger charge is -2.35. The SMILES string of the molecule is C#CCN1CCC(C(=O)NCCN2C[C@@H](C)O[C@H](C)C2)CC1. The summed E-state index contributed by atoms with van der Waals surface area (Å²) in [6.07, 6.45) is 7.71. The molecule has 22 heavy (non-hydrogen) atoms. The molecular formula is C17H29N3O2. The summed E-state index contributed by atoms with van der Waals surface area (Å²) in [6, 6.07) is 0. The van der Waals surface area contributed by atoms with Crippen LogP contribution in [0.4, 0.5) is 0 Å². The number of hydrogen-bond acceptors (Lipinski definition) is 4. The van der Waals surface area contributed by atoms with E-state index in [1.165, 1.54) is 0 Å². The largest absolute Gasteiger partial charge is 0.373 e. The van der Waals surface area contributed by atoms with E-state index in [9.17, 15) is 4.79 Å². The van der Waals surface area contributed by atoms with Crippen LogP contribution in [0.5, 0.6) is 0 Å². The Bertz CT molecular complexity index is 389. The van der Waals surface area contributed by atoms with Gasteiger partial charge in [0.2, 0.25) is 5.91 Å². The summed E-state index contributed by atoms with van der Waals surface area (Å²) in [6.45, 7) is 10.3. The minimum atomic E-state index is 0.150. The number of nitrogens with zero attached hydrogens (tertiary/aromatic N) is 2. The smallest absolute Gasteiger partial charge is 0.223 e. The summed E-state index contributed by atoms with van der Waals surface area (Å²) in [5, 5.41) is 3.10. The van der Waals surface area contributed by atoms with Gasteiger partial charge in [0.05, 0.1) is 18.8 Å². The molecular weight excluding hydrogens is 278 g/mol. The molecule has 2 rings (SSSR count). The molecule has 0 aliphatic carbocycles. The zero-order valence-corrected chi connectivity index (χ0v) is 13.9. The highest BCUT2D eigenvalue weighted by Gasteiger charge is 2.25. The van der Waals surface area contributed by atoms with Crippen molar-refractivity contribution in [3.63, 3.8) is 0 Å². The molecule has 2 saturated heterocycles. The number of carbonyl (C=O) groups excluding carboxylic acids is 1. The Morgan fingerprint density at radius 3 is 2.45 bits per heavy atom. The van der Waals surface area contributed by atoms with Crippen molar-refractivity contribution in [3.05, 3.63) is 0 Å². The van der Waals surface area contributed by atoms with Gasteiger partial charge in [-0.25, -0.2) is 0 Å². The fourth-order valence-corrected chi connectivity index (χ4v) is 3.43. The number of carbonyl (C=O) groups is 1. The summed E-state index contributed by atoms with van der Waals surface area (Å²) in [5.74, 6) is 3.02. The van der Waals surface area contributed by atoms with Crippen LogP contribution in [0.15, 0.2) is 0 Å². The minimum Gasteiger partial charge on any atom is -0.373 e. The highest BCUT2D eigenvalue weighted by atomic mass is 16.5. The van der Waals surface area contributed by atoms with Crippen molar-refractivity contribution in [2.75, 3.05) is 45.8 Å². The number of rotatable bonds is 5. The molecule has 1 amide bonds. The summed E-state index contributed by atoms with van der Waals surface area (Å²) < 4.78 is 5.72. The van der Waals surface area contributed by atoms with Gasteiger partial charge in [-0.2, -0.15) is 0 Å². The number of ether oxygens (including phenoxy) is 1. The highest BCUT2D eigenvalue weighted by molar-refractivity contribution is 5.78. The molecule has 0 aromatic heterocycles. The van der Waals surface area contributed by atoms with Gasteiger partial charge < -0.3 is 10.1 Å². The van der Waals surface area contributed by atoms with Crippen LogP contribution in [-0.4, -0.2) is 73.7 Å². The average Bonchev–Trinajstić information content (AvgIpc) is 2.47. The molecule has 5 nitrogen and oxygen atoms in total. The quantitative estimate of drug-likeness (QED) is 0.754. The lowest BCUT2D eigenvalue weighted by molar-refractivity contribution is -0.126. The number of hydrogen-bond donors (Lipinski definition) is 1. The van der Waals surface area contributed by atoms with E-state index in [0.717, 1.165) is 52.1 Å². The molecule has 0 bridgehead atoms. The van der Waals surface area contributed by atoms with Crippen LogP contribution in [0.2, 0.25) is 0 Å². The van der Waals surface area contributed by atoms with Crippen molar-refractivity contribution in [2.45, 2.75) is 38.9 Å². The van der Waals surface area contributed by atoms with Crippen molar-refractivity contribution in [3.8, 4) is 12.3 Å². The first kappa shape index (κ1) is 17.3. The number of piperidine rings is 1. The van der Waals surface area contributed by atoms with Gasteiger partial charge in [-0.1, -0.05) is 5.92 Å². The summed E-state index contributed by atoms with van der Waals surface area (Å²) in [4.78, 5) is 16.8. The second kappa shape index (κ2) is 8.52. The Morgan fingerprint density at radius 2 is 1.86 bits per heavy atom. The number of morpholine rings is 1. The predicted molar refractivity (Wildman–Crippen MR) is 87.5 cm³/mol. The zero-order valence-electron chi connectivity index (χ0n) is 13.9. The Hall–Kier alpha value is -1.09. The van der Waals surface area contributed by atoms with Crippen molar-refractivity contribution in [1.82, 2.24) is 15.1 Å². The third-order valence-electron chi connectivity index (χ3n) is 4.50. The Balaban J connectivity index is 1.63. The number of nitrogens with one attached hydrogen (secondary N) is 1. The van der Waals surface area contributed by atoms with Gasteiger partial charge in [-0.3, -0.25) is 14.6 Å². The van der Waals surface area contributed by atoms with Gasteiger partial charge in [-0.15, -0.1) is 6.42 Å². The highest BCUT2D eigenvalue weighted by Crippen LogP contribution is 2.17. The number of amides is 1. The third kappa shape index (κ3) is 5.28. The van der Waals surface area contributed by atoms with Crippen molar-refractivity contribution in [2.24, 2.45) is 5.92 Å². The second-order valence-electron chi connectivity index (χ2n) is 6.56. The van der Waals surface area contributed by atoms with E-state index in [0.29, 0.717) is 6.54 Å². The third-order valence-corrected chi connectivity index (χ3v) is 4.50. The molecule has 0 saturated carbocycles. The molecule has 0 radical (unpaired) electrons. The maximum atomic E-state index is 12.2. The van der Waals surface area contributed by atoms with Crippen molar-refractivity contribution >= 4 is 5.91 Å². The van der Waals surface area contributed by atoms with Crippen LogP contribution in [0.1, 0.15) is 26.7 Å². The van der Waals surface area contributed by atoms with Crippen LogP contribution in [0.25, 0.3) is 0 Å². The molecule has 0 aromatic rings. The van der Waals surface area contributed by atoms with E-state index in [-0.39, 0.29) is 24.0 Å². The summed E-state index contributed by atoms with van der Waals surface area (Å²) >= 11 is 0. The van der Waals surface area contributed by atoms with Gasteiger partial charge in [0.25, 0.3) is 0 Å². The second-order valence-corrected chi connectivity index (χ2v) is 6.56. The van der Waals surface area contributed by atoms with Gasteiger partial charge in [0.15, 0.2) is 0 Å². The lowest BCUT2D eigenvalue weighted by Crippen LogP contribution is -2.48. The molecule has 2 fully saturated rings. The molecule has 124 valence electrons. The lowest BCUT2D eigenvalue weighted by atomic mass is 9.96. The van der Waals surface area contributed by atoms with E-state index >= 15 is 0 Å². The zero-order chi connectivity index (χ0) is 15.9. The van der Waals surface area contributed by atoms with Crippen molar-refractivity contribution in [1.29, 1.82) is 0 Å². The molecule has 0 aromatic carbocycles. The topological polar surface area (TPSA) is 44.8 Å². The molecule has 2 aliphatic heterocycles. The maximum absolute atomic E-state index is 12.2. The van der Waals surface area contributed by atoms with E-state index in [2.05, 4.69) is 34.9 Å². The number of terminal acetylenes is 1. The monoisotopic (exact) mass is 307 g/mol. The predicted octanol–water partition coefficient (Wildman–Crippen LogP) is 0.557. The Kier molecular flexibility index (Phi) is 6.69. The first-order chi connectivity index (χ1) is 10.6. The van der Waals surface area contributed by atoms with E-state index in [4.69, 9.17) is 11.2 Å². The Morgan fingerprint density at radius 1 is 1.23 bits per heavy atom. The van der Waals surface area contributed by atoms with Crippen LogP contribution in [0, 0.1) is 18.3 Å². The van der Waals surface area contributed by atoms with E-state index in [1.54, 1.807) is 0 Å². The van der Waals surface area contributed by atoms with Gasteiger partial charge in [0.1, 0.15) is 0 Å². The normalized spacial score (nSPS) is 28.2. The van der Waals surface area contributed by atoms with Gasteiger partial charge in [-0.05, 0) is 39.8 Å². The fourth-order valence-electron chi connectivity index (χ4n) is 3.43. The minimum absolute atomic E-state index is 0.150. The van der Waals surface area contributed by atoms with Crippen LogP contribution in [-0.2, 0) is 9.53 Å². The average molecular weight is 307 g/mol. The molecule has 5 heteroatoms. The standard InChI is InChI=1S/C17H29N3O2/c1-4-8-19-9-5-16(6-10-19)17(21)18-7-11-20-12-14(2)22-15(3)13-20/h1,14-16H,5-13H2,2-3H3,(H,18,21)/t14-,15-/m1/s1. The fraction of sp³-hybridized carbons (Fsp3) is 0.824. The first-order valence-corrected chi connectivity index (χ1v) is 8.40. The Labute approximate surface area is 134 Å². The van der Waals surface area contributed by atoms with Gasteiger partial charge >= 0.3 is 0 Å². The van der Waals surface area contributed by atoms with Crippen molar-refractivity contribution < 1.29 is 9.53 Å².